The summed E-state index contributed by atoms with van der Waals surface area (Å²) in [5.74, 6) is -0.212. The van der Waals surface area contributed by atoms with Crippen LogP contribution in [0.1, 0.15) is 5.56 Å². The molecule has 23 heavy (non-hydrogen) atoms. The third-order valence-electron chi connectivity index (χ3n) is 3.45. The second kappa shape index (κ2) is 6.34. The van der Waals surface area contributed by atoms with Gasteiger partial charge in [0.2, 0.25) is 11.3 Å². The molecule has 1 aromatic heterocycles. The number of rotatable bonds is 3. The number of aromatic nitrogens is 2. The fourth-order valence-corrected chi connectivity index (χ4v) is 2.93. The van der Waals surface area contributed by atoms with Gasteiger partial charge in [0.1, 0.15) is 6.54 Å². The van der Waals surface area contributed by atoms with E-state index in [4.69, 9.17) is 0 Å². The number of amides is 1. The molecule has 6 heteroatoms. The average molecular weight is 372 g/mol. The van der Waals surface area contributed by atoms with Crippen LogP contribution in [-0.4, -0.2) is 15.7 Å². The number of carbonyl (C=O) groups is 1. The van der Waals surface area contributed by atoms with E-state index in [-0.39, 0.29) is 17.9 Å². The number of fused-ring (bicyclic) bond motifs is 1. The average Bonchev–Trinajstić information content (AvgIpc) is 2.53. The third kappa shape index (κ3) is 3.32. The van der Waals surface area contributed by atoms with Gasteiger partial charge < -0.3 is 5.32 Å². The third-order valence-corrected chi connectivity index (χ3v) is 4.11. The number of benzene rings is 2. The van der Waals surface area contributed by atoms with Gasteiger partial charge in [0.05, 0.1) is 17.4 Å². The van der Waals surface area contributed by atoms with E-state index < -0.39 is 0 Å². The van der Waals surface area contributed by atoms with E-state index in [0.29, 0.717) is 16.6 Å². The molecule has 0 radical (unpaired) electrons. The van der Waals surface area contributed by atoms with Gasteiger partial charge in [-0.1, -0.05) is 18.2 Å². The summed E-state index contributed by atoms with van der Waals surface area (Å²) in [6, 6.07) is 12.8. The Kier molecular flexibility index (Phi) is 4.25. The Balaban J connectivity index is 1.86. The second-order valence-electron chi connectivity index (χ2n) is 5.22. The zero-order valence-corrected chi connectivity index (χ0v) is 14.0. The molecule has 0 saturated heterocycles. The van der Waals surface area contributed by atoms with Crippen LogP contribution in [0.5, 0.6) is 0 Å². The molecule has 0 aliphatic carbocycles. The maximum atomic E-state index is 12.3. The van der Waals surface area contributed by atoms with Crippen LogP contribution in [0.2, 0.25) is 0 Å². The van der Waals surface area contributed by atoms with Gasteiger partial charge in [-0.25, -0.2) is 0 Å². The summed E-state index contributed by atoms with van der Waals surface area (Å²) >= 11 is 3.43. The number of halogens is 1. The van der Waals surface area contributed by atoms with Crippen LogP contribution < -0.4 is 10.7 Å². The van der Waals surface area contributed by atoms with Gasteiger partial charge in [0.15, 0.2) is 0 Å². The van der Waals surface area contributed by atoms with E-state index in [0.717, 1.165) is 10.0 Å². The van der Waals surface area contributed by atoms with Crippen molar-refractivity contribution in [1.29, 1.82) is 0 Å². The molecule has 3 aromatic rings. The van der Waals surface area contributed by atoms with Gasteiger partial charge in [0, 0.05) is 9.86 Å². The van der Waals surface area contributed by atoms with Crippen LogP contribution in [0.15, 0.2) is 57.9 Å². The topological polar surface area (TPSA) is 64.0 Å². The maximum absolute atomic E-state index is 12.3. The summed E-state index contributed by atoms with van der Waals surface area (Å²) in [6.45, 7) is 2.01. The maximum Gasteiger partial charge on any atom is 0.246 e. The molecule has 0 aliphatic heterocycles. The molecule has 0 bridgehead atoms. The van der Waals surface area contributed by atoms with Crippen LogP contribution in [0.4, 0.5) is 5.69 Å². The van der Waals surface area contributed by atoms with Crippen molar-refractivity contribution in [3.63, 3.8) is 0 Å². The first-order valence-corrected chi connectivity index (χ1v) is 7.85. The number of aryl methyl sites for hydroxylation is 1. The normalized spacial score (nSPS) is 10.7. The van der Waals surface area contributed by atoms with Crippen molar-refractivity contribution >= 4 is 38.4 Å². The van der Waals surface area contributed by atoms with Gasteiger partial charge in [-0.15, -0.1) is 0 Å². The Morgan fingerprint density at radius 3 is 2.83 bits per heavy atom. The minimum absolute atomic E-state index is 0.0289. The molecule has 0 atom stereocenters. The largest absolute Gasteiger partial charge is 0.323 e. The first kappa shape index (κ1) is 15.4. The first-order valence-electron chi connectivity index (χ1n) is 7.05. The lowest BCUT2D eigenvalue weighted by atomic mass is 10.2. The summed E-state index contributed by atoms with van der Waals surface area (Å²) < 4.78 is 2.34. The van der Waals surface area contributed by atoms with E-state index in [1.807, 2.05) is 31.2 Å². The Labute approximate surface area is 141 Å². The lowest BCUT2D eigenvalue weighted by Gasteiger charge is -2.11. The highest BCUT2D eigenvalue weighted by atomic mass is 79.9. The lowest BCUT2D eigenvalue weighted by Crippen LogP contribution is -2.22. The van der Waals surface area contributed by atoms with Gasteiger partial charge in [-0.3, -0.25) is 14.3 Å². The van der Waals surface area contributed by atoms with Crippen LogP contribution in [0.3, 0.4) is 0 Å². The van der Waals surface area contributed by atoms with E-state index in [1.54, 1.807) is 18.2 Å². The van der Waals surface area contributed by atoms with Crippen LogP contribution in [0.25, 0.3) is 10.9 Å². The lowest BCUT2D eigenvalue weighted by molar-refractivity contribution is -0.116. The molecule has 2 aromatic carbocycles. The molecular weight excluding hydrogens is 358 g/mol. The van der Waals surface area contributed by atoms with Crippen molar-refractivity contribution in [2.24, 2.45) is 0 Å². The fraction of sp³-hybridized carbons (Fsp3) is 0.118. The van der Waals surface area contributed by atoms with E-state index in [1.165, 1.54) is 10.9 Å². The van der Waals surface area contributed by atoms with Crippen LogP contribution in [-0.2, 0) is 11.3 Å². The Hall–Kier alpha value is -2.47. The molecule has 0 spiro atoms. The predicted molar refractivity (Wildman–Crippen MR) is 93.5 cm³/mol. The molecule has 1 N–H and O–H groups in total. The molecule has 1 heterocycles. The van der Waals surface area contributed by atoms with Crippen molar-refractivity contribution in [2.45, 2.75) is 13.5 Å². The highest BCUT2D eigenvalue weighted by molar-refractivity contribution is 9.10. The quantitative estimate of drug-likeness (QED) is 0.769. The van der Waals surface area contributed by atoms with E-state index in [9.17, 15) is 9.59 Å². The Bertz CT molecular complexity index is 950. The number of anilines is 1. The monoisotopic (exact) mass is 371 g/mol. The number of carbonyl (C=O) groups excluding carboxylic acids is 1. The summed E-state index contributed by atoms with van der Waals surface area (Å²) in [4.78, 5) is 24.1. The van der Waals surface area contributed by atoms with Gasteiger partial charge in [-0.05, 0) is 52.7 Å². The summed E-state index contributed by atoms with van der Waals surface area (Å²) in [6.07, 6.45) is 1.23. The molecule has 3 rings (SSSR count). The Morgan fingerprint density at radius 2 is 2.04 bits per heavy atom. The minimum Gasteiger partial charge on any atom is -0.323 e. The number of para-hydroxylation sites is 1. The summed E-state index contributed by atoms with van der Waals surface area (Å²) in [5.41, 5.74) is 2.28. The smallest absolute Gasteiger partial charge is 0.246 e. The van der Waals surface area contributed by atoms with Crippen molar-refractivity contribution in [2.75, 3.05) is 5.32 Å². The molecule has 0 aliphatic rings. The molecule has 0 fully saturated rings. The second-order valence-corrected chi connectivity index (χ2v) is 6.07. The number of hydrogen-bond acceptors (Lipinski definition) is 3. The van der Waals surface area contributed by atoms with Crippen LogP contribution >= 0.6 is 15.9 Å². The zero-order valence-electron chi connectivity index (χ0n) is 12.4. The van der Waals surface area contributed by atoms with Gasteiger partial charge in [-0.2, -0.15) is 5.10 Å². The van der Waals surface area contributed by atoms with Crippen molar-refractivity contribution in [1.82, 2.24) is 9.78 Å². The van der Waals surface area contributed by atoms with Crippen molar-refractivity contribution in [3.8, 4) is 0 Å². The standard InChI is InChI=1S/C17H14BrN3O2/c1-11-6-7-14(13(18)8-11)20-17(23)10-21-15-5-3-2-4-12(15)16(22)9-19-21/h2-9H,10H2,1H3,(H,20,23). The van der Waals surface area contributed by atoms with E-state index in [2.05, 4.69) is 26.3 Å². The van der Waals surface area contributed by atoms with Crippen molar-refractivity contribution in [3.05, 3.63) is 68.9 Å². The van der Waals surface area contributed by atoms with Crippen LogP contribution in [0, 0.1) is 6.92 Å². The summed E-state index contributed by atoms with van der Waals surface area (Å²) in [7, 11) is 0. The molecule has 1 amide bonds. The molecule has 0 unspecified atom stereocenters. The number of hydrogen-bond donors (Lipinski definition) is 1. The molecular formula is C17H14BrN3O2. The number of nitrogens with zero attached hydrogens (tertiary/aromatic N) is 2. The molecule has 116 valence electrons. The SMILES string of the molecule is Cc1ccc(NC(=O)Cn2ncc(=O)c3ccccc32)c(Br)c1. The number of nitrogens with one attached hydrogen (secondary N) is 1. The first-order chi connectivity index (χ1) is 11.0. The highest BCUT2D eigenvalue weighted by Crippen LogP contribution is 2.23. The molecule has 5 nitrogen and oxygen atoms in total. The Morgan fingerprint density at radius 1 is 1.26 bits per heavy atom. The predicted octanol–water partition coefficient (Wildman–Crippen LogP) is 3.11. The van der Waals surface area contributed by atoms with Gasteiger partial charge >= 0.3 is 0 Å². The van der Waals surface area contributed by atoms with Gasteiger partial charge in [0.25, 0.3) is 0 Å². The zero-order chi connectivity index (χ0) is 16.4. The minimum atomic E-state index is -0.212. The fourth-order valence-electron chi connectivity index (χ4n) is 2.33. The molecule has 0 saturated carbocycles. The summed E-state index contributed by atoms with van der Waals surface area (Å²) in [5, 5.41) is 7.44. The van der Waals surface area contributed by atoms with E-state index >= 15 is 0 Å². The van der Waals surface area contributed by atoms with Crippen molar-refractivity contribution < 1.29 is 4.79 Å². The highest BCUT2D eigenvalue weighted by Gasteiger charge is 2.09.